The number of aliphatic hydroxyl groups is 1. The average molecular weight is 409 g/mol. The van der Waals surface area contributed by atoms with Crippen molar-refractivity contribution < 1.29 is 28.9 Å². The number of nitrogens with zero attached hydrogens (tertiary/aromatic N) is 1. The molecule has 2 aromatic carbocycles. The lowest BCUT2D eigenvalue weighted by atomic mass is 9.91. The predicted octanol–water partition coefficient (Wildman–Crippen LogP) is 3.94. The first-order valence-electron chi connectivity index (χ1n) is 9.85. The summed E-state index contributed by atoms with van der Waals surface area (Å²) in [5, 5.41) is 10.7. The molecule has 156 valence electrons. The van der Waals surface area contributed by atoms with Crippen LogP contribution in [0.1, 0.15) is 32.4 Å². The molecule has 1 N–H and O–H groups in total. The smallest absolute Gasteiger partial charge is 0.294 e. The third-order valence-electron chi connectivity index (χ3n) is 5.14. The molecule has 2 aromatic rings. The van der Waals surface area contributed by atoms with Gasteiger partial charge in [-0.1, -0.05) is 26.0 Å². The van der Waals surface area contributed by atoms with Crippen LogP contribution in [0.5, 0.6) is 17.2 Å². The highest BCUT2D eigenvalue weighted by molar-refractivity contribution is 6.17. The highest BCUT2D eigenvalue weighted by atomic mass is 16.7. The third kappa shape index (κ3) is 3.26. The monoisotopic (exact) mass is 409 g/mol. The summed E-state index contributed by atoms with van der Waals surface area (Å²) in [4.78, 5) is 27.4. The third-order valence-corrected chi connectivity index (χ3v) is 5.14. The molecule has 0 bridgehead atoms. The SMILES string of the molecule is CCOc1ccc(C2C(C(=O)C(C)C)=C(O)C(=O)N2c2ccc3c(c2)OCO3)cc1. The van der Waals surface area contributed by atoms with Gasteiger partial charge in [-0.25, -0.2) is 0 Å². The lowest BCUT2D eigenvalue weighted by Gasteiger charge is -2.27. The van der Waals surface area contributed by atoms with Gasteiger partial charge >= 0.3 is 0 Å². The van der Waals surface area contributed by atoms with Gasteiger partial charge in [-0.3, -0.25) is 14.5 Å². The minimum atomic E-state index is -0.761. The number of hydrogen-bond acceptors (Lipinski definition) is 6. The lowest BCUT2D eigenvalue weighted by molar-refractivity contribution is -0.119. The summed E-state index contributed by atoms with van der Waals surface area (Å²) in [7, 11) is 0. The number of carbonyl (C=O) groups excluding carboxylic acids is 2. The van der Waals surface area contributed by atoms with E-state index in [1.165, 1.54) is 4.90 Å². The van der Waals surface area contributed by atoms with Crippen LogP contribution in [-0.4, -0.2) is 30.2 Å². The Bertz CT molecular complexity index is 1020. The lowest BCUT2D eigenvalue weighted by Crippen LogP contribution is -2.31. The van der Waals surface area contributed by atoms with E-state index < -0.39 is 17.7 Å². The normalized spacial score (nSPS) is 17.8. The van der Waals surface area contributed by atoms with Gasteiger partial charge in [0.2, 0.25) is 6.79 Å². The first-order valence-corrected chi connectivity index (χ1v) is 9.85. The molecule has 0 saturated carbocycles. The van der Waals surface area contributed by atoms with Gasteiger partial charge in [0, 0.05) is 17.7 Å². The fourth-order valence-corrected chi connectivity index (χ4v) is 3.70. The molecule has 0 spiro atoms. The van der Waals surface area contributed by atoms with E-state index in [4.69, 9.17) is 14.2 Å². The van der Waals surface area contributed by atoms with Gasteiger partial charge in [0.1, 0.15) is 5.75 Å². The van der Waals surface area contributed by atoms with Crippen molar-refractivity contribution in [3.8, 4) is 17.2 Å². The van der Waals surface area contributed by atoms with E-state index >= 15 is 0 Å². The maximum absolute atomic E-state index is 13.1. The number of benzene rings is 2. The molecule has 0 aromatic heterocycles. The molecule has 1 atom stereocenters. The van der Waals surface area contributed by atoms with Crippen molar-refractivity contribution in [2.75, 3.05) is 18.3 Å². The molecule has 2 aliphatic heterocycles. The second kappa shape index (κ2) is 7.74. The Morgan fingerprint density at radius 1 is 1.17 bits per heavy atom. The number of fused-ring (bicyclic) bond motifs is 1. The standard InChI is InChI=1S/C23H23NO6/c1-4-28-16-8-5-14(6-9-16)20-19(21(25)13(2)3)22(26)23(27)24(20)15-7-10-17-18(11-15)30-12-29-17/h5-11,13,20,26H,4,12H2,1-3H3. The summed E-state index contributed by atoms with van der Waals surface area (Å²) < 4.78 is 16.3. The Morgan fingerprint density at radius 3 is 2.53 bits per heavy atom. The zero-order valence-corrected chi connectivity index (χ0v) is 17.0. The number of ether oxygens (including phenoxy) is 3. The number of ketones is 1. The van der Waals surface area contributed by atoms with Crippen LogP contribution in [0.25, 0.3) is 0 Å². The quantitative estimate of drug-likeness (QED) is 0.778. The van der Waals surface area contributed by atoms with Gasteiger partial charge in [-0.15, -0.1) is 0 Å². The Hall–Kier alpha value is -3.48. The summed E-state index contributed by atoms with van der Waals surface area (Å²) in [6.45, 7) is 6.01. The molecule has 30 heavy (non-hydrogen) atoms. The second-order valence-corrected chi connectivity index (χ2v) is 7.40. The maximum atomic E-state index is 13.1. The van der Waals surface area contributed by atoms with E-state index in [0.717, 1.165) is 0 Å². The molecule has 7 heteroatoms. The Morgan fingerprint density at radius 2 is 1.87 bits per heavy atom. The average Bonchev–Trinajstić information content (AvgIpc) is 3.30. The van der Waals surface area contributed by atoms with E-state index in [-0.39, 0.29) is 24.1 Å². The highest BCUT2D eigenvalue weighted by Crippen LogP contribution is 2.44. The zero-order valence-electron chi connectivity index (χ0n) is 17.0. The molecule has 1 unspecified atom stereocenters. The minimum absolute atomic E-state index is 0.0943. The van der Waals surface area contributed by atoms with Crippen LogP contribution in [0.3, 0.4) is 0 Å². The summed E-state index contributed by atoms with van der Waals surface area (Å²) in [5.74, 6) is -0.0282. The van der Waals surface area contributed by atoms with Gasteiger partial charge in [0.05, 0.1) is 18.2 Å². The summed E-state index contributed by atoms with van der Waals surface area (Å²) >= 11 is 0. The molecule has 0 fully saturated rings. The van der Waals surface area contributed by atoms with Crippen LogP contribution in [0.4, 0.5) is 5.69 Å². The van der Waals surface area contributed by atoms with E-state index in [0.29, 0.717) is 35.1 Å². The van der Waals surface area contributed by atoms with E-state index in [2.05, 4.69) is 0 Å². The van der Waals surface area contributed by atoms with Crippen molar-refractivity contribution >= 4 is 17.4 Å². The molecule has 0 aliphatic carbocycles. The van der Waals surface area contributed by atoms with Gasteiger partial charge in [0.15, 0.2) is 23.0 Å². The number of amides is 1. The zero-order chi connectivity index (χ0) is 21.4. The van der Waals surface area contributed by atoms with Gasteiger partial charge in [-0.2, -0.15) is 0 Å². The van der Waals surface area contributed by atoms with E-state index in [1.807, 2.05) is 6.92 Å². The molecule has 2 heterocycles. The van der Waals surface area contributed by atoms with Gasteiger partial charge in [-0.05, 0) is 36.8 Å². The van der Waals surface area contributed by atoms with E-state index in [9.17, 15) is 14.7 Å². The second-order valence-electron chi connectivity index (χ2n) is 7.40. The number of anilines is 1. The minimum Gasteiger partial charge on any atom is -0.503 e. The molecule has 0 radical (unpaired) electrons. The van der Waals surface area contributed by atoms with E-state index in [1.54, 1.807) is 56.3 Å². The van der Waals surface area contributed by atoms with Crippen LogP contribution >= 0.6 is 0 Å². The number of rotatable bonds is 6. The van der Waals surface area contributed by atoms with Crippen molar-refractivity contribution in [3.05, 3.63) is 59.4 Å². The molecule has 1 amide bonds. The van der Waals surface area contributed by atoms with Crippen LogP contribution in [-0.2, 0) is 9.59 Å². The first-order chi connectivity index (χ1) is 14.4. The Balaban J connectivity index is 1.82. The van der Waals surface area contributed by atoms with Crippen LogP contribution in [0.15, 0.2) is 53.8 Å². The number of Topliss-reactive ketones (excluding diaryl/α,β-unsaturated/α-hetero) is 1. The topological polar surface area (TPSA) is 85.3 Å². The predicted molar refractivity (Wildman–Crippen MR) is 110 cm³/mol. The maximum Gasteiger partial charge on any atom is 0.294 e. The van der Waals surface area contributed by atoms with Crippen molar-refractivity contribution in [1.82, 2.24) is 0 Å². The molecular formula is C23H23NO6. The molecule has 4 rings (SSSR count). The summed E-state index contributed by atoms with van der Waals surface area (Å²) in [6, 6.07) is 11.5. The number of hydrogen-bond donors (Lipinski definition) is 1. The Labute approximate surface area is 174 Å². The first kappa shape index (κ1) is 19.8. The van der Waals surface area contributed by atoms with Crippen molar-refractivity contribution in [2.45, 2.75) is 26.8 Å². The van der Waals surface area contributed by atoms with Crippen molar-refractivity contribution in [3.63, 3.8) is 0 Å². The number of carbonyl (C=O) groups is 2. The van der Waals surface area contributed by atoms with Gasteiger partial charge in [0.25, 0.3) is 5.91 Å². The van der Waals surface area contributed by atoms with Crippen molar-refractivity contribution in [1.29, 1.82) is 0 Å². The number of aliphatic hydroxyl groups excluding tert-OH is 1. The fraction of sp³-hybridized carbons (Fsp3) is 0.304. The fourth-order valence-electron chi connectivity index (χ4n) is 3.70. The molecule has 0 saturated heterocycles. The van der Waals surface area contributed by atoms with Crippen LogP contribution in [0, 0.1) is 5.92 Å². The summed E-state index contributed by atoms with van der Waals surface area (Å²) in [6.07, 6.45) is 0. The Kier molecular flexibility index (Phi) is 5.11. The van der Waals surface area contributed by atoms with Crippen LogP contribution in [0.2, 0.25) is 0 Å². The molecule has 2 aliphatic rings. The molecule has 7 nitrogen and oxygen atoms in total. The molecular weight excluding hydrogens is 386 g/mol. The van der Waals surface area contributed by atoms with Crippen LogP contribution < -0.4 is 19.1 Å². The summed E-state index contributed by atoms with van der Waals surface area (Å²) in [5.41, 5.74) is 1.29. The van der Waals surface area contributed by atoms with Crippen molar-refractivity contribution in [2.24, 2.45) is 5.92 Å². The largest absolute Gasteiger partial charge is 0.503 e. The van der Waals surface area contributed by atoms with Gasteiger partial charge < -0.3 is 19.3 Å². The highest BCUT2D eigenvalue weighted by Gasteiger charge is 2.45.